The van der Waals surface area contributed by atoms with Crippen molar-refractivity contribution in [2.45, 2.75) is 20.5 Å². The Bertz CT molecular complexity index is 512. The second-order valence-electron chi connectivity index (χ2n) is 4.24. The van der Waals surface area contributed by atoms with Crippen molar-refractivity contribution in [3.8, 4) is 5.75 Å². The minimum absolute atomic E-state index is 0.440. The summed E-state index contributed by atoms with van der Waals surface area (Å²) in [5, 5.41) is 4.24. The Morgan fingerprint density at radius 3 is 2.71 bits per heavy atom. The smallest absolute Gasteiger partial charge is 0.132 e. The number of nitrogen functional groups attached to an aromatic ring is 1. The maximum atomic E-state index is 5.74. The SMILES string of the molecule is Cc1ccc(C)c(OCc2cc(N)n(C)n2)c1. The predicted molar refractivity (Wildman–Crippen MR) is 67.9 cm³/mol. The molecule has 0 atom stereocenters. The Morgan fingerprint density at radius 2 is 2.06 bits per heavy atom. The van der Waals surface area contributed by atoms with Gasteiger partial charge in [-0.2, -0.15) is 5.10 Å². The van der Waals surface area contributed by atoms with Crippen LogP contribution >= 0.6 is 0 Å². The van der Waals surface area contributed by atoms with Gasteiger partial charge in [0, 0.05) is 13.1 Å². The lowest BCUT2D eigenvalue weighted by Gasteiger charge is -2.08. The summed E-state index contributed by atoms with van der Waals surface area (Å²) in [7, 11) is 1.82. The fourth-order valence-electron chi connectivity index (χ4n) is 1.63. The van der Waals surface area contributed by atoms with E-state index in [9.17, 15) is 0 Å². The maximum absolute atomic E-state index is 5.74. The monoisotopic (exact) mass is 231 g/mol. The molecule has 1 aromatic carbocycles. The van der Waals surface area contributed by atoms with E-state index in [0.29, 0.717) is 12.4 Å². The molecule has 0 saturated carbocycles. The summed E-state index contributed by atoms with van der Waals surface area (Å²) in [6, 6.07) is 7.98. The Balaban J connectivity index is 2.09. The summed E-state index contributed by atoms with van der Waals surface area (Å²) in [5.41, 5.74) is 8.86. The zero-order valence-corrected chi connectivity index (χ0v) is 10.4. The summed E-state index contributed by atoms with van der Waals surface area (Å²) in [6.07, 6.45) is 0. The highest BCUT2D eigenvalue weighted by Gasteiger charge is 2.04. The summed E-state index contributed by atoms with van der Waals surface area (Å²) in [4.78, 5) is 0. The normalized spacial score (nSPS) is 10.5. The minimum atomic E-state index is 0.440. The zero-order valence-electron chi connectivity index (χ0n) is 10.4. The van der Waals surface area contributed by atoms with Crippen molar-refractivity contribution in [3.63, 3.8) is 0 Å². The molecule has 4 heteroatoms. The van der Waals surface area contributed by atoms with Gasteiger partial charge in [-0.25, -0.2) is 0 Å². The molecule has 2 N–H and O–H groups in total. The van der Waals surface area contributed by atoms with Crippen molar-refractivity contribution >= 4 is 5.82 Å². The predicted octanol–water partition coefficient (Wildman–Crippen LogP) is 2.20. The first-order valence-electron chi connectivity index (χ1n) is 5.54. The van der Waals surface area contributed by atoms with Gasteiger partial charge in [0.25, 0.3) is 0 Å². The van der Waals surface area contributed by atoms with Crippen LogP contribution in [-0.2, 0) is 13.7 Å². The Morgan fingerprint density at radius 1 is 1.29 bits per heavy atom. The van der Waals surface area contributed by atoms with Crippen LogP contribution in [0.5, 0.6) is 5.75 Å². The van der Waals surface area contributed by atoms with Gasteiger partial charge < -0.3 is 10.5 Å². The lowest BCUT2D eigenvalue weighted by molar-refractivity contribution is 0.298. The summed E-state index contributed by atoms with van der Waals surface area (Å²) in [6.45, 7) is 4.52. The average Bonchev–Trinajstić information content (AvgIpc) is 2.60. The quantitative estimate of drug-likeness (QED) is 0.881. The van der Waals surface area contributed by atoms with Gasteiger partial charge in [0.05, 0.1) is 0 Å². The maximum Gasteiger partial charge on any atom is 0.132 e. The molecule has 17 heavy (non-hydrogen) atoms. The highest BCUT2D eigenvalue weighted by molar-refractivity contribution is 5.36. The van der Waals surface area contributed by atoms with Crippen LogP contribution in [0.3, 0.4) is 0 Å². The molecule has 0 radical (unpaired) electrons. The van der Waals surface area contributed by atoms with E-state index in [0.717, 1.165) is 17.0 Å². The first-order chi connectivity index (χ1) is 8.06. The van der Waals surface area contributed by atoms with Crippen molar-refractivity contribution in [3.05, 3.63) is 41.1 Å². The van der Waals surface area contributed by atoms with Crippen molar-refractivity contribution in [2.75, 3.05) is 5.73 Å². The number of aromatic nitrogens is 2. The fraction of sp³-hybridized carbons (Fsp3) is 0.308. The Labute approximate surface area is 101 Å². The number of hydrogen-bond donors (Lipinski definition) is 1. The molecule has 0 saturated heterocycles. The van der Waals surface area contributed by atoms with Crippen LogP contribution in [0.15, 0.2) is 24.3 Å². The number of rotatable bonds is 3. The van der Waals surface area contributed by atoms with E-state index >= 15 is 0 Å². The van der Waals surface area contributed by atoms with Crippen molar-refractivity contribution in [1.82, 2.24) is 9.78 Å². The van der Waals surface area contributed by atoms with E-state index in [1.54, 1.807) is 4.68 Å². The van der Waals surface area contributed by atoms with Crippen molar-refractivity contribution in [2.24, 2.45) is 7.05 Å². The first kappa shape index (κ1) is 11.5. The lowest BCUT2D eigenvalue weighted by Crippen LogP contribution is -2.00. The number of benzene rings is 1. The number of anilines is 1. The third-order valence-corrected chi connectivity index (χ3v) is 2.69. The molecule has 0 unspecified atom stereocenters. The topological polar surface area (TPSA) is 53.1 Å². The average molecular weight is 231 g/mol. The number of ether oxygens (including phenoxy) is 1. The number of aryl methyl sites for hydroxylation is 3. The van der Waals surface area contributed by atoms with E-state index in [-0.39, 0.29) is 0 Å². The van der Waals surface area contributed by atoms with Gasteiger partial charge in [-0.05, 0) is 31.0 Å². The molecule has 0 fully saturated rings. The van der Waals surface area contributed by atoms with E-state index in [2.05, 4.69) is 17.2 Å². The van der Waals surface area contributed by atoms with Crippen LogP contribution in [0.1, 0.15) is 16.8 Å². The molecule has 1 heterocycles. The molecule has 0 aliphatic rings. The van der Waals surface area contributed by atoms with Gasteiger partial charge in [-0.15, -0.1) is 0 Å². The van der Waals surface area contributed by atoms with Crippen molar-refractivity contribution < 1.29 is 4.74 Å². The summed E-state index contributed by atoms with van der Waals surface area (Å²) in [5.74, 6) is 1.54. The van der Waals surface area contributed by atoms with Crippen LogP contribution in [0.4, 0.5) is 5.82 Å². The summed E-state index contributed by atoms with van der Waals surface area (Å²) >= 11 is 0. The van der Waals surface area contributed by atoms with Gasteiger partial charge in [-0.1, -0.05) is 12.1 Å². The minimum Gasteiger partial charge on any atom is -0.487 e. The van der Waals surface area contributed by atoms with Crippen LogP contribution in [0, 0.1) is 13.8 Å². The second-order valence-corrected chi connectivity index (χ2v) is 4.24. The molecular formula is C13H17N3O. The molecule has 2 aromatic rings. The zero-order chi connectivity index (χ0) is 12.4. The largest absolute Gasteiger partial charge is 0.487 e. The van der Waals surface area contributed by atoms with E-state index in [1.165, 1.54) is 5.56 Å². The second kappa shape index (κ2) is 4.49. The number of nitrogens with two attached hydrogens (primary N) is 1. The van der Waals surface area contributed by atoms with Gasteiger partial charge in [0.2, 0.25) is 0 Å². The molecule has 0 spiro atoms. The molecule has 90 valence electrons. The van der Waals surface area contributed by atoms with Gasteiger partial charge in [-0.3, -0.25) is 4.68 Å². The first-order valence-corrected chi connectivity index (χ1v) is 5.54. The third kappa shape index (κ3) is 2.58. The molecule has 0 amide bonds. The number of hydrogen-bond acceptors (Lipinski definition) is 3. The standard InChI is InChI=1S/C13H17N3O/c1-9-4-5-10(2)12(6-9)17-8-11-7-13(14)16(3)15-11/h4-7H,8,14H2,1-3H3. The fourth-order valence-corrected chi connectivity index (χ4v) is 1.63. The van der Waals surface area contributed by atoms with Crippen LogP contribution in [-0.4, -0.2) is 9.78 Å². The molecule has 2 rings (SSSR count). The molecular weight excluding hydrogens is 214 g/mol. The van der Waals surface area contributed by atoms with E-state index < -0.39 is 0 Å². The Hall–Kier alpha value is -1.97. The molecule has 1 aromatic heterocycles. The number of nitrogens with zero attached hydrogens (tertiary/aromatic N) is 2. The Kier molecular flexibility index (Phi) is 3.04. The van der Waals surface area contributed by atoms with Crippen LogP contribution in [0.2, 0.25) is 0 Å². The molecule has 0 bridgehead atoms. The van der Waals surface area contributed by atoms with E-state index in [1.807, 2.05) is 33.0 Å². The van der Waals surface area contributed by atoms with Crippen molar-refractivity contribution in [1.29, 1.82) is 0 Å². The van der Waals surface area contributed by atoms with Crippen LogP contribution < -0.4 is 10.5 Å². The van der Waals surface area contributed by atoms with Gasteiger partial charge in [0.1, 0.15) is 23.9 Å². The molecule has 0 aliphatic heterocycles. The van der Waals surface area contributed by atoms with Crippen LogP contribution in [0.25, 0.3) is 0 Å². The molecule has 0 aliphatic carbocycles. The van der Waals surface area contributed by atoms with E-state index in [4.69, 9.17) is 10.5 Å². The highest BCUT2D eigenvalue weighted by Crippen LogP contribution is 2.20. The van der Waals surface area contributed by atoms with Gasteiger partial charge in [0.15, 0.2) is 0 Å². The lowest BCUT2D eigenvalue weighted by atomic mass is 10.1. The summed E-state index contributed by atoms with van der Waals surface area (Å²) < 4.78 is 7.38. The highest BCUT2D eigenvalue weighted by atomic mass is 16.5. The third-order valence-electron chi connectivity index (χ3n) is 2.69. The molecule has 4 nitrogen and oxygen atoms in total. The van der Waals surface area contributed by atoms with Gasteiger partial charge >= 0.3 is 0 Å².